The van der Waals surface area contributed by atoms with Gasteiger partial charge in [0.15, 0.2) is 11.5 Å². The summed E-state index contributed by atoms with van der Waals surface area (Å²) in [4.78, 5) is 12.2. The number of halogens is 3. The van der Waals surface area contributed by atoms with Gasteiger partial charge >= 0.3 is 6.18 Å². The van der Waals surface area contributed by atoms with Crippen molar-refractivity contribution in [2.45, 2.75) is 44.8 Å². The Morgan fingerprint density at radius 1 is 1.26 bits per heavy atom. The van der Waals surface area contributed by atoms with Crippen molar-refractivity contribution in [2.24, 2.45) is 0 Å². The third-order valence-corrected chi connectivity index (χ3v) is 4.19. The van der Waals surface area contributed by atoms with Crippen molar-refractivity contribution in [2.75, 3.05) is 13.2 Å². The normalized spacial score (nSPS) is 18.0. The number of fused-ring (bicyclic) bond motifs is 1. The van der Waals surface area contributed by atoms with Crippen molar-refractivity contribution in [1.29, 1.82) is 0 Å². The highest BCUT2D eigenvalue weighted by atomic mass is 19.4. The van der Waals surface area contributed by atoms with Crippen molar-refractivity contribution in [1.82, 2.24) is 5.32 Å². The second-order valence-corrected chi connectivity index (χ2v) is 5.80. The summed E-state index contributed by atoms with van der Waals surface area (Å²) in [6, 6.07) is 4.96. The van der Waals surface area contributed by atoms with Gasteiger partial charge < -0.3 is 14.8 Å². The Morgan fingerprint density at radius 3 is 2.43 bits per heavy atom. The van der Waals surface area contributed by atoms with Crippen molar-refractivity contribution in [3.63, 3.8) is 0 Å². The molecular formula is C16H20F3NO3. The molecule has 1 aliphatic rings. The SMILES string of the molecule is CCC(C)(NC(=O)C(C)c1ccc2c(c1)OCCO2)C(F)(F)F. The van der Waals surface area contributed by atoms with E-state index < -0.39 is 23.5 Å². The van der Waals surface area contributed by atoms with E-state index in [1.54, 1.807) is 25.1 Å². The molecule has 0 aromatic heterocycles. The summed E-state index contributed by atoms with van der Waals surface area (Å²) in [7, 11) is 0. The molecule has 4 nitrogen and oxygen atoms in total. The molecule has 1 aromatic carbocycles. The van der Waals surface area contributed by atoms with Gasteiger partial charge in [0.25, 0.3) is 0 Å². The lowest BCUT2D eigenvalue weighted by molar-refractivity contribution is -0.194. The lowest BCUT2D eigenvalue weighted by atomic mass is 9.94. The van der Waals surface area contributed by atoms with Crippen LogP contribution in [0.5, 0.6) is 11.5 Å². The maximum atomic E-state index is 13.1. The van der Waals surface area contributed by atoms with Crippen LogP contribution in [0, 0.1) is 0 Å². The molecule has 2 unspecified atom stereocenters. The van der Waals surface area contributed by atoms with E-state index in [2.05, 4.69) is 5.32 Å². The maximum Gasteiger partial charge on any atom is 0.411 e. The zero-order chi connectivity index (χ0) is 17.3. The van der Waals surface area contributed by atoms with Crippen molar-refractivity contribution in [3.8, 4) is 11.5 Å². The Bertz CT molecular complexity index is 588. The summed E-state index contributed by atoms with van der Waals surface area (Å²) in [5.74, 6) is -0.342. The molecule has 0 fully saturated rings. The van der Waals surface area contributed by atoms with Gasteiger partial charge in [-0.25, -0.2) is 0 Å². The first-order valence-electron chi connectivity index (χ1n) is 7.46. The van der Waals surface area contributed by atoms with Gasteiger partial charge in [0.2, 0.25) is 5.91 Å². The molecule has 1 aromatic rings. The molecule has 1 N–H and O–H groups in total. The Labute approximate surface area is 133 Å². The van der Waals surface area contributed by atoms with Crippen LogP contribution in [0.3, 0.4) is 0 Å². The molecule has 1 heterocycles. The summed E-state index contributed by atoms with van der Waals surface area (Å²) >= 11 is 0. The average Bonchev–Trinajstić information content (AvgIpc) is 2.52. The van der Waals surface area contributed by atoms with E-state index in [-0.39, 0.29) is 6.42 Å². The van der Waals surface area contributed by atoms with Crippen molar-refractivity contribution in [3.05, 3.63) is 23.8 Å². The molecule has 0 radical (unpaired) electrons. The number of alkyl halides is 3. The topological polar surface area (TPSA) is 47.6 Å². The first-order valence-corrected chi connectivity index (χ1v) is 7.46. The van der Waals surface area contributed by atoms with Crippen molar-refractivity contribution < 1.29 is 27.4 Å². The Kier molecular flexibility index (Phi) is 4.77. The summed E-state index contributed by atoms with van der Waals surface area (Å²) in [5.41, 5.74) is -1.67. The highest BCUT2D eigenvalue weighted by molar-refractivity contribution is 5.84. The minimum atomic E-state index is -4.51. The predicted molar refractivity (Wildman–Crippen MR) is 78.7 cm³/mol. The monoisotopic (exact) mass is 331 g/mol. The summed E-state index contributed by atoms with van der Waals surface area (Å²) in [5, 5.41) is 2.13. The molecule has 2 atom stereocenters. The van der Waals surface area contributed by atoms with E-state index >= 15 is 0 Å². The minimum Gasteiger partial charge on any atom is -0.486 e. The fourth-order valence-electron chi connectivity index (χ4n) is 2.22. The average molecular weight is 331 g/mol. The highest BCUT2D eigenvalue weighted by Crippen LogP contribution is 2.35. The summed E-state index contributed by atoms with van der Waals surface area (Å²) in [6.07, 6.45) is -4.75. The van der Waals surface area contributed by atoms with E-state index in [1.807, 2.05) is 0 Å². The summed E-state index contributed by atoms with van der Waals surface area (Å²) in [6.45, 7) is 4.79. The van der Waals surface area contributed by atoms with Crippen LogP contribution in [0.1, 0.15) is 38.7 Å². The molecule has 23 heavy (non-hydrogen) atoms. The molecule has 0 bridgehead atoms. The van der Waals surface area contributed by atoms with Gasteiger partial charge in [-0.1, -0.05) is 13.0 Å². The molecule has 1 aliphatic heterocycles. The third-order valence-electron chi connectivity index (χ3n) is 4.19. The van der Waals surface area contributed by atoms with Crippen LogP contribution in [0.4, 0.5) is 13.2 Å². The van der Waals surface area contributed by atoms with Gasteiger partial charge in [-0.3, -0.25) is 4.79 Å². The number of rotatable bonds is 4. The lowest BCUT2D eigenvalue weighted by Gasteiger charge is -2.33. The van der Waals surface area contributed by atoms with E-state index in [0.717, 1.165) is 6.92 Å². The van der Waals surface area contributed by atoms with Crippen LogP contribution in [-0.2, 0) is 4.79 Å². The first-order chi connectivity index (χ1) is 10.7. The number of hydrogen-bond acceptors (Lipinski definition) is 3. The molecule has 0 saturated carbocycles. The number of carbonyl (C=O) groups excluding carboxylic acids is 1. The molecule has 7 heteroatoms. The molecule has 1 amide bonds. The first kappa shape index (κ1) is 17.4. The second-order valence-electron chi connectivity index (χ2n) is 5.80. The van der Waals surface area contributed by atoms with Crippen LogP contribution in [-0.4, -0.2) is 30.8 Å². The molecular weight excluding hydrogens is 311 g/mol. The fraction of sp³-hybridized carbons (Fsp3) is 0.562. The Balaban J connectivity index is 2.16. The third kappa shape index (κ3) is 3.54. The zero-order valence-electron chi connectivity index (χ0n) is 13.3. The number of ether oxygens (including phenoxy) is 2. The van der Waals surface area contributed by atoms with Gasteiger partial charge in [-0.05, 0) is 38.0 Å². The molecule has 0 spiro atoms. The maximum absolute atomic E-state index is 13.1. The van der Waals surface area contributed by atoms with E-state index in [1.165, 1.54) is 6.92 Å². The second kappa shape index (κ2) is 6.29. The number of amides is 1. The number of carbonyl (C=O) groups is 1. The van der Waals surface area contributed by atoms with Crippen LogP contribution in [0.25, 0.3) is 0 Å². The largest absolute Gasteiger partial charge is 0.486 e. The van der Waals surface area contributed by atoms with Crippen LogP contribution < -0.4 is 14.8 Å². The number of nitrogens with one attached hydrogen (secondary N) is 1. The van der Waals surface area contributed by atoms with Gasteiger partial charge in [0.05, 0.1) is 5.92 Å². The fourth-order valence-corrected chi connectivity index (χ4v) is 2.22. The standard InChI is InChI=1S/C16H20F3NO3/c1-4-15(3,16(17,18)19)20-14(21)10(2)11-5-6-12-13(9-11)23-8-7-22-12/h5-6,9-10H,4,7-8H2,1-3H3,(H,20,21). The number of benzene rings is 1. The molecule has 128 valence electrons. The zero-order valence-corrected chi connectivity index (χ0v) is 13.3. The number of hydrogen-bond donors (Lipinski definition) is 1. The predicted octanol–water partition coefficient (Wildman–Crippen LogP) is 3.41. The minimum absolute atomic E-state index is 0.240. The van der Waals surface area contributed by atoms with Gasteiger partial charge in [-0.15, -0.1) is 0 Å². The van der Waals surface area contributed by atoms with Gasteiger partial charge in [0, 0.05) is 0 Å². The Hall–Kier alpha value is -1.92. The lowest BCUT2D eigenvalue weighted by Crippen LogP contribution is -2.56. The van der Waals surface area contributed by atoms with Crippen LogP contribution >= 0.6 is 0 Å². The van der Waals surface area contributed by atoms with E-state index in [4.69, 9.17) is 9.47 Å². The van der Waals surface area contributed by atoms with Crippen LogP contribution in [0.2, 0.25) is 0 Å². The van der Waals surface area contributed by atoms with Crippen molar-refractivity contribution >= 4 is 5.91 Å². The molecule has 0 aliphatic carbocycles. The van der Waals surface area contributed by atoms with E-state index in [0.29, 0.717) is 30.3 Å². The van der Waals surface area contributed by atoms with Gasteiger partial charge in [0.1, 0.15) is 18.8 Å². The summed E-state index contributed by atoms with van der Waals surface area (Å²) < 4.78 is 50.1. The Morgan fingerprint density at radius 2 is 1.87 bits per heavy atom. The molecule has 2 rings (SSSR count). The molecule has 0 saturated heterocycles. The smallest absolute Gasteiger partial charge is 0.411 e. The highest BCUT2D eigenvalue weighted by Gasteiger charge is 2.51. The van der Waals surface area contributed by atoms with Crippen LogP contribution in [0.15, 0.2) is 18.2 Å². The van der Waals surface area contributed by atoms with E-state index in [9.17, 15) is 18.0 Å². The van der Waals surface area contributed by atoms with Gasteiger partial charge in [-0.2, -0.15) is 13.2 Å². The quantitative estimate of drug-likeness (QED) is 0.920.